The Kier molecular flexibility index (Phi) is 1.54. The highest BCUT2D eigenvalue weighted by Crippen LogP contribution is 2.21. The summed E-state index contributed by atoms with van der Waals surface area (Å²) < 4.78 is 0. The number of amides is 2. The van der Waals surface area contributed by atoms with Gasteiger partial charge in [-0.15, -0.1) is 0 Å². The van der Waals surface area contributed by atoms with Crippen LogP contribution in [0.15, 0.2) is 6.20 Å². The first kappa shape index (κ1) is 7.78. The first-order chi connectivity index (χ1) is 6.16. The summed E-state index contributed by atoms with van der Waals surface area (Å²) in [6.45, 7) is 0. The van der Waals surface area contributed by atoms with Crippen LogP contribution in [0.1, 0.15) is 18.2 Å². The van der Waals surface area contributed by atoms with Gasteiger partial charge in [0.1, 0.15) is 17.6 Å². The van der Waals surface area contributed by atoms with Crippen LogP contribution in [0.4, 0.5) is 5.82 Å². The highest BCUT2D eigenvalue weighted by molar-refractivity contribution is 6.05. The largest absolute Gasteiger partial charge is 0.382 e. The molecule has 0 bridgehead atoms. The van der Waals surface area contributed by atoms with Gasteiger partial charge >= 0.3 is 0 Å². The second kappa shape index (κ2) is 2.58. The third-order valence-corrected chi connectivity index (χ3v) is 1.92. The molecule has 68 valence electrons. The minimum absolute atomic E-state index is 0.145. The minimum atomic E-state index is -0.509. The zero-order chi connectivity index (χ0) is 9.42. The zero-order valence-electron chi connectivity index (χ0n) is 6.70. The van der Waals surface area contributed by atoms with Gasteiger partial charge in [0.05, 0.1) is 0 Å². The minimum Gasteiger partial charge on any atom is -0.382 e. The van der Waals surface area contributed by atoms with Gasteiger partial charge < -0.3 is 10.7 Å². The highest BCUT2D eigenvalue weighted by Gasteiger charge is 2.33. The Bertz CT molecular complexity index is 370. The molecular formula is C7H8N4O2. The summed E-state index contributed by atoms with van der Waals surface area (Å²) >= 11 is 0. The number of nitrogen functional groups attached to an aromatic ring is 1. The van der Waals surface area contributed by atoms with E-state index in [-0.39, 0.29) is 18.2 Å². The molecule has 0 radical (unpaired) electrons. The molecule has 6 nitrogen and oxygen atoms in total. The van der Waals surface area contributed by atoms with Gasteiger partial charge in [-0.2, -0.15) is 0 Å². The fourth-order valence-electron chi connectivity index (χ4n) is 1.30. The molecule has 1 fully saturated rings. The summed E-state index contributed by atoms with van der Waals surface area (Å²) in [5.74, 6) is -0.336. The molecule has 1 atom stereocenters. The number of hydrogen-bond donors (Lipinski definition) is 3. The SMILES string of the molecule is Nc1c[nH]c(C2CC(=O)NC2=O)n1. The van der Waals surface area contributed by atoms with Gasteiger partial charge in [-0.05, 0) is 0 Å². The number of imide groups is 1. The predicted molar refractivity (Wildman–Crippen MR) is 43.5 cm³/mol. The number of anilines is 1. The zero-order valence-corrected chi connectivity index (χ0v) is 6.70. The number of rotatable bonds is 1. The predicted octanol–water partition coefficient (Wildman–Crippen LogP) is -0.878. The molecule has 4 N–H and O–H groups in total. The number of nitrogens with two attached hydrogens (primary N) is 1. The standard InChI is InChI=1S/C7H8N4O2/c8-4-2-9-6(10-4)3-1-5(12)11-7(3)13/h2-3H,1,8H2,(H,9,10)(H,11,12,13). The molecular weight excluding hydrogens is 172 g/mol. The Morgan fingerprint density at radius 3 is 2.77 bits per heavy atom. The van der Waals surface area contributed by atoms with Gasteiger partial charge in [-0.25, -0.2) is 4.98 Å². The van der Waals surface area contributed by atoms with E-state index in [1.165, 1.54) is 6.20 Å². The van der Waals surface area contributed by atoms with Crippen LogP contribution in [0.25, 0.3) is 0 Å². The molecule has 0 aromatic carbocycles. The molecule has 1 aromatic heterocycles. The third-order valence-electron chi connectivity index (χ3n) is 1.92. The molecule has 0 spiro atoms. The molecule has 2 heterocycles. The molecule has 2 rings (SSSR count). The van der Waals surface area contributed by atoms with E-state index in [9.17, 15) is 9.59 Å². The average Bonchev–Trinajstić information content (AvgIpc) is 2.58. The number of nitrogens with one attached hydrogen (secondary N) is 2. The molecule has 1 aliphatic rings. The number of H-pyrrole nitrogens is 1. The molecule has 1 aromatic rings. The van der Waals surface area contributed by atoms with Crippen LogP contribution in [0.3, 0.4) is 0 Å². The molecule has 0 aliphatic carbocycles. The van der Waals surface area contributed by atoms with Gasteiger partial charge in [0, 0.05) is 12.6 Å². The Labute approximate surface area is 73.5 Å². The quantitative estimate of drug-likeness (QED) is 0.488. The number of nitrogens with zero attached hydrogens (tertiary/aromatic N) is 1. The van der Waals surface area contributed by atoms with Crippen LogP contribution in [0.2, 0.25) is 0 Å². The second-order valence-electron chi connectivity index (χ2n) is 2.88. The molecule has 1 unspecified atom stereocenters. The maximum absolute atomic E-state index is 11.2. The summed E-state index contributed by atoms with van der Waals surface area (Å²) in [7, 11) is 0. The van der Waals surface area contributed by atoms with E-state index >= 15 is 0 Å². The van der Waals surface area contributed by atoms with Crippen LogP contribution < -0.4 is 11.1 Å². The van der Waals surface area contributed by atoms with Gasteiger partial charge in [-0.1, -0.05) is 0 Å². The lowest BCUT2D eigenvalue weighted by atomic mass is 10.1. The van der Waals surface area contributed by atoms with Crippen molar-refractivity contribution in [1.82, 2.24) is 15.3 Å². The molecule has 6 heteroatoms. The third kappa shape index (κ3) is 1.26. The van der Waals surface area contributed by atoms with Crippen LogP contribution in [0, 0.1) is 0 Å². The first-order valence-corrected chi connectivity index (χ1v) is 3.81. The van der Waals surface area contributed by atoms with Gasteiger partial charge in [0.15, 0.2) is 0 Å². The summed E-state index contributed by atoms with van der Waals surface area (Å²) in [6, 6.07) is 0. The van der Waals surface area contributed by atoms with E-state index in [4.69, 9.17) is 5.73 Å². The lowest BCUT2D eigenvalue weighted by Crippen LogP contribution is -2.21. The number of imidazole rings is 1. The van der Waals surface area contributed by atoms with Crippen LogP contribution in [-0.4, -0.2) is 21.8 Å². The van der Waals surface area contributed by atoms with Crippen LogP contribution in [-0.2, 0) is 9.59 Å². The van der Waals surface area contributed by atoms with Crippen molar-refractivity contribution in [2.45, 2.75) is 12.3 Å². The van der Waals surface area contributed by atoms with E-state index < -0.39 is 5.92 Å². The molecule has 1 aliphatic heterocycles. The normalized spacial score (nSPS) is 22.0. The van der Waals surface area contributed by atoms with Crippen molar-refractivity contribution >= 4 is 17.6 Å². The van der Waals surface area contributed by atoms with Crippen molar-refractivity contribution in [1.29, 1.82) is 0 Å². The Morgan fingerprint density at radius 2 is 2.31 bits per heavy atom. The van der Waals surface area contributed by atoms with Gasteiger partial charge in [0.2, 0.25) is 11.8 Å². The summed E-state index contributed by atoms with van der Waals surface area (Å²) in [4.78, 5) is 28.6. The summed E-state index contributed by atoms with van der Waals surface area (Å²) in [5.41, 5.74) is 5.37. The van der Waals surface area contributed by atoms with Crippen molar-refractivity contribution in [2.75, 3.05) is 5.73 Å². The average molecular weight is 180 g/mol. The number of hydrogen-bond acceptors (Lipinski definition) is 4. The Balaban J connectivity index is 2.27. The lowest BCUT2D eigenvalue weighted by molar-refractivity contribution is -0.125. The van der Waals surface area contributed by atoms with Crippen molar-refractivity contribution in [3.05, 3.63) is 12.0 Å². The molecule has 1 saturated heterocycles. The van der Waals surface area contributed by atoms with Crippen molar-refractivity contribution in [3.63, 3.8) is 0 Å². The molecule has 2 amide bonds. The van der Waals surface area contributed by atoms with E-state index in [2.05, 4.69) is 15.3 Å². The van der Waals surface area contributed by atoms with Crippen molar-refractivity contribution < 1.29 is 9.59 Å². The smallest absolute Gasteiger partial charge is 0.237 e. The summed E-state index contributed by atoms with van der Waals surface area (Å²) in [5, 5.41) is 2.20. The van der Waals surface area contributed by atoms with Crippen molar-refractivity contribution in [3.8, 4) is 0 Å². The lowest BCUT2D eigenvalue weighted by Gasteiger charge is -1.98. The number of aromatic amines is 1. The van der Waals surface area contributed by atoms with Crippen LogP contribution >= 0.6 is 0 Å². The summed E-state index contributed by atoms with van der Waals surface area (Å²) in [6.07, 6.45) is 1.64. The van der Waals surface area contributed by atoms with Crippen molar-refractivity contribution in [2.24, 2.45) is 0 Å². The van der Waals surface area contributed by atoms with E-state index in [0.29, 0.717) is 11.6 Å². The Hall–Kier alpha value is -1.85. The molecule has 13 heavy (non-hydrogen) atoms. The Morgan fingerprint density at radius 1 is 1.54 bits per heavy atom. The first-order valence-electron chi connectivity index (χ1n) is 3.81. The second-order valence-corrected chi connectivity index (χ2v) is 2.88. The van der Waals surface area contributed by atoms with E-state index in [0.717, 1.165) is 0 Å². The van der Waals surface area contributed by atoms with Gasteiger partial charge in [-0.3, -0.25) is 14.9 Å². The fraction of sp³-hybridized carbons (Fsp3) is 0.286. The van der Waals surface area contributed by atoms with E-state index in [1.54, 1.807) is 0 Å². The van der Waals surface area contributed by atoms with Crippen LogP contribution in [0.5, 0.6) is 0 Å². The highest BCUT2D eigenvalue weighted by atomic mass is 16.2. The van der Waals surface area contributed by atoms with Gasteiger partial charge in [0.25, 0.3) is 0 Å². The fourth-order valence-corrected chi connectivity index (χ4v) is 1.30. The number of carbonyl (C=O) groups is 2. The maximum Gasteiger partial charge on any atom is 0.237 e. The maximum atomic E-state index is 11.2. The number of aromatic nitrogens is 2. The number of carbonyl (C=O) groups excluding carboxylic acids is 2. The van der Waals surface area contributed by atoms with E-state index in [1.807, 2.05) is 0 Å². The topological polar surface area (TPSA) is 101 Å². The molecule has 0 saturated carbocycles. The monoisotopic (exact) mass is 180 g/mol.